The minimum atomic E-state index is 0.322. The van der Waals surface area contributed by atoms with Gasteiger partial charge >= 0.3 is 0 Å². The maximum Gasteiger partial charge on any atom is 0.0604 e. The van der Waals surface area contributed by atoms with Crippen LogP contribution in [0.15, 0.2) is 30.3 Å². The molecule has 0 N–H and O–H groups in total. The summed E-state index contributed by atoms with van der Waals surface area (Å²) in [6.45, 7) is 8.69. The zero-order chi connectivity index (χ0) is 12.0. The molecule has 0 aliphatic carbocycles. The molecular weight excluding hydrogens is 196 g/mol. The SMILES string of the molecule is CC(C)OC(CCc1ccccc1)C(C)C. The summed E-state index contributed by atoms with van der Waals surface area (Å²) in [6.07, 6.45) is 2.92. The topological polar surface area (TPSA) is 9.23 Å². The van der Waals surface area contributed by atoms with Crippen LogP contribution < -0.4 is 0 Å². The molecule has 16 heavy (non-hydrogen) atoms. The van der Waals surface area contributed by atoms with Gasteiger partial charge in [-0.25, -0.2) is 0 Å². The molecule has 0 saturated carbocycles. The van der Waals surface area contributed by atoms with E-state index in [9.17, 15) is 0 Å². The van der Waals surface area contributed by atoms with Gasteiger partial charge in [-0.3, -0.25) is 0 Å². The van der Waals surface area contributed by atoms with Gasteiger partial charge in [0.15, 0.2) is 0 Å². The van der Waals surface area contributed by atoms with Crippen LogP contribution in [0.25, 0.3) is 0 Å². The van der Waals surface area contributed by atoms with Crippen LogP contribution in [0.5, 0.6) is 0 Å². The van der Waals surface area contributed by atoms with Crippen LogP contribution in [0.2, 0.25) is 0 Å². The van der Waals surface area contributed by atoms with Gasteiger partial charge in [0.2, 0.25) is 0 Å². The third kappa shape index (κ3) is 4.80. The molecular formula is C15H24O. The molecule has 90 valence electrons. The molecule has 0 heterocycles. The minimum Gasteiger partial charge on any atom is -0.375 e. The number of aryl methyl sites for hydroxylation is 1. The van der Waals surface area contributed by atoms with Gasteiger partial charge in [0.1, 0.15) is 0 Å². The lowest BCUT2D eigenvalue weighted by Gasteiger charge is -2.24. The summed E-state index contributed by atoms with van der Waals surface area (Å²) in [5.74, 6) is 0.589. The highest BCUT2D eigenvalue weighted by molar-refractivity contribution is 5.14. The molecule has 1 unspecified atom stereocenters. The Kier molecular flexibility index (Phi) is 5.54. The van der Waals surface area contributed by atoms with Gasteiger partial charge in [0, 0.05) is 0 Å². The molecule has 0 aliphatic rings. The van der Waals surface area contributed by atoms with Crippen molar-refractivity contribution >= 4 is 0 Å². The first-order valence-corrected chi connectivity index (χ1v) is 6.29. The average molecular weight is 220 g/mol. The van der Waals surface area contributed by atoms with E-state index in [0.717, 1.165) is 12.8 Å². The Bertz CT molecular complexity index is 277. The molecule has 0 aromatic heterocycles. The highest BCUT2D eigenvalue weighted by Gasteiger charge is 2.15. The summed E-state index contributed by atoms with van der Waals surface area (Å²) in [7, 11) is 0. The number of ether oxygens (including phenoxy) is 1. The Morgan fingerprint density at radius 3 is 2.12 bits per heavy atom. The van der Waals surface area contributed by atoms with Gasteiger partial charge in [-0.15, -0.1) is 0 Å². The normalized spacial score (nSPS) is 13.4. The van der Waals surface area contributed by atoms with Gasteiger partial charge in [-0.1, -0.05) is 44.2 Å². The summed E-state index contributed by atoms with van der Waals surface area (Å²) in [4.78, 5) is 0. The molecule has 0 bridgehead atoms. The van der Waals surface area contributed by atoms with E-state index >= 15 is 0 Å². The quantitative estimate of drug-likeness (QED) is 0.702. The first-order chi connectivity index (χ1) is 7.59. The maximum absolute atomic E-state index is 5.93. The van der Waals surface area contributed by atoms with Crippen molar-refractivity contribution in [3.8, 4) is 0 Å². The van der Waals surface area contributed by atoms with Crippen LogP contribution in [0.3, 0.4) is 0 Å². The van der Waals surface area contributed by atoms with Crippen LogP contribution in [0, 0.1) is 5.92 Å². The fraction of sp³-hybridized carbons (Fsp3) is 0.600. The molecule has 0 fully saturated rings. The van der Waals surface area contributed by atoms with E-state index < -0.39 is 0 Å². The Labute approximate surface area is 99.8 Å². The van der Waals surface area contributed by atoms with Crippen molar-refractivity contribution in [1.29, 1.82) is 0 Å². The van der Waals surface area contributed by atoms with E-state index in [1.165, 1.54) is 5.56 Å². The summed E-state index contributed by atoms with van der Waals surface area (Å²) >= 11 is 0. The lowest BCUT2D eigenvalue weighted by molar-refractivity contribution is -0.0222. The fourth-order valence-electron chi connectivity index (χ4n) is 1.86. The van der Waals surface area contributed by atoms with E-state index in [0.29, 0.717) is 18.1 Å². The van der Waals surface area contributed by atoms with Crippen LogP contribution in [0.1, 0.15) is 39.7 Å². The zero-order valence-corrected chi connectivity index (χ0v) is 10.9. The summed E-state index contributed by atoms with van der Waals surface area (Å²) in [5, 5.41) is 0. The van der Waals surface area contributed by atoms with Crippen LogP contribution in [-0.2, 0) is 11.2 Å². The second-order valence-corrected chi connectivity index (χ2v) is 4.99. The van der Waals surface area contributed by atoms with Crippen molar-refractivity contribution in [3.63, 3.8) is 0 Å². The Hall–Kier alpha value is -0.820. The summed E-state index contributed by atoms with van der Waals surface area (Å²) in [6, 6.07) is 10.6. The molecule has 1 rings (SSSR count). The summed E-state index contributed by atoms with van der Waals surface area (Å²) in [5.41, 5.74) is 1.40. The molecule has 1 heteroatoms. The smallest absolute Gasteiger partial charge is 0.0604 e. The first kappa shape index (κ1) is 13.2. The van der Waals surface area contributed by atoms with Crippen molar-refractivity contribution in [1.82, 2.24) is 0 Å². The predicted molar refractivity (Wildman–Crippen MR) is 69.6 cm³/mol. The highest BCUT2D eigenvalue weighted by atomic mass is 16.5. The lowest BCUT2D eigenvalue weighted by atomic mass is 9.99. The van der Waals surface area contributed by atoms with Crippen LogP contribution in [-0.4, -0.2) is 12.2 Å². The Balaban J connectivity index is 2.44. The number of hydrogen-bond donors (Lipinski definition) is 0. The predicted octanol–water partition coefficient (Wildman–Crippen LogP) is 4.07. The van der Waals surface area contributed by atoms with Gasteiger partial charge in [-0.05, 0) is 38.2 Å². The fourth-order valence-corrected chi connectivity index (χ4v) is 1.86. The monoisotopic (exact) mass is 220 g/mol. The Morgan fingerprint density at radius 2 is 1.62 bits per heavy atom. The third-order valence-electron chi connectivity index (χ3n) is 2.75. The van der Waals surface area contributed by atoms with E-state index in [2.05, 4.69) is 58.0 Å². The van der Waals surface area contributed by atoms with E-state index in [1.54, 1.807) is 0 Å². The molecule has 0 spiro atoms. The van der Waals surface area contributed by atoms with Crippen molar-refractivity contribution in [2.24, 2.45) is 5.92 Å². The van der Waals surface area contributed by atoms with Gasteiger partial charge in [0.05, 0.1) is 12.2 Å². The largest absolute Gasteiger partial charge is 0.375 e. The molecule has 1 aromatic rings. The van der Waals surface area contributed by atoms with Crippen molar-refractivity contribution < 1.29 is 4.74 Å². The van der Waals surface area contributed by atoms with Crippen molar-refractivity contribution in [2.75, 3.05) is 0 Å². The van der Waals surface area contributed by atoms with Crippen LogP contribution in [0.4, 0.5) is 0 Å². The van der Waals surface area contributed by atoms with Gasteiger partial charge in [-0.2, -0.15) is 0 Å². The average Bonchev–Trinajstić information content (AvgIpc) is 2.25. The molecule has 0 aliphatic heterocycles. The Morgan fingerprint density at radius 1 is 1.00 bits per heavy atom. The second-order valence-electron chi connectivity index (χ2n) is 4.99. The summed E-state index contributed by atoms with van der Waals surface area (Å²) < 4.78 is 5.93. The second kappa shape index (κ2) is 6.70. The van der Waals surface area contributed by atoms with Gasteiger partial charge in [0.25, 0.3) is 0 Å². The standard InChI is InChI=1S/C15H24O/c1-12(2)15(16-13(3)4)11-10-14-8-6-5-7-9-14/h5-9,12-13,15H,10-11H2,1-4H3. The number of benzene rings is 1. The van der Waals surface area contributed by atoms with Crippen molar-refractivity contribution in [3.05, 3.63) is 35.9 Å². The minimum absolute atomic E-state index is 0.322. The van der Waals surface area contributed by atoms with Crippen LogP contribution >= 0.6 is 0 Å². The van der Waals surface area contributed by atoms with E-state index in [-0.39, 0.29) is 0 Å². The number of hydrogen-bond acceptors (Lipinski definition) is 1. The third-order valence-corrected chi connectivity index (χ3v) is 2.75. The van der Waals surface area contributed by atoms with Crippen molar-refractivity contribution in [2.45, 2.75) is 52.7 Å². The molecule has 0 saturated heterocycles. The zero-order valence-electron chi connectivity index (χ0n) is 10.9. The molecule has 0 radical (unpaired) electrons. The first-order valence-electron chi connectivity index (χ1n) is 6.29. The molecule has 1 atom stereocenters. The molecule has 0 amide bonds. The highest BCUT2D eigenvalue weighted by Crippen LogP contribution is 2.16. The van der Waals surface area contributed by atoms with Gasteiger partial charge < -0.3 is 4.74 Å². The lowest BCUT2D eigenvalue weighted by Crippen LogP contribution is -2.24. The number of rotatable bonds is 6. The molecule has 1 nitrogen and oxygen atoms in total. The van der Waals surface area contributed by atoms with E-state index in [1.807, 2.05) is 0 Å². The maximum atomic E-state index is 5.93. The molecule has 1 aromatic carbocycles. The van der Waals surface area contributed by atoms with E-state index in [4.69, 9.17) is 4.74 Å².